The largest absolute Gasteiger partial charge is 0.497 e. The van der Waals surface area contributed by atoms with E-state index in [9.17, 15) is 4.79 Å². The van der Waals surface area contributed by atoms with Gasteiger partial charge in [0.05, 0.1) is 26.1 Å². The van der Waals surface area contributed by atoms with Gasteiger partial charge in [0.25, 0.3) is 5.91 Å². The number of nitrogens with one attached hydrogen (secondary N) is 1. The fraction of sp³-hybridized carbons (Fsp3) is 0.150. The second-order valence-corrected chi connectivity index (χ2v) is 6.61. The van der Waals surface area contributed by atoms with Crippen LogP contribution in [0.25, 0.3) is 10.6 Å². The summed E-state index contributed by atoms with van der Waals surface area (Å²) < 4.78 is 10.5. The molecule has 0 atom stereocenters. The summed E-state index contributed by atoms with van der Waals surface area (Å²) in [4.78, 5) is 17.5. The minimum atomic E-state index is -0.295. The van der Waals surface area contributed by atoms with Gasteiger partial charge in [0.2, 0.25) is 0 Å². The summed E-state index contributed by atoms with van der Waals surface area (Å²) >= 11 is 1.34. The lowest BCUT2D eigenvalue weighted by Gasteiger charge is -2.06. The van der Waals surface area contributed by atoms with Crippen molar-refractivity contribution in [2.24, 2.45) is 5.10 Å². The molecular formula is C20H19N3O3S. The predicted molar refractivity (Wildman–Crippen MR) is 107 cm³/mol. The van der Waals surface area contributed by atoms with Crippen molar-refractivity contribution < 1.29 is 14.3 Å². The maximum absolute atomic E-state index is 12.4. The molecule has 0 fully saturated rings. The fourth-order valence-corrected chi connectivity index (χ4v) is 3.41. The highest BCUT2D eigenvalue weighted by molar-refractivity contribution is 7.17. The van der Waals surface area contributed by atoms with Crippen molar-refractivity contribution >= 4 is 23.5 Å². The van der Waals surface area contributed by atoms with Gasteiger partial charge in [-0.05, 0) is 19.1 Å². The second kappa shape index (κ2) is 8.46. The molecule has 0 saturated carbocycles. The molecule has 1 N–H and O–H groups in total. The van der Waals surface area contributed by atoms with Gasteiger partial charge in [0, 0.05) is 17.2 Å². The first kappa shape index (κ1) is 18.6. The smallest absolute Gasteiger partial charge is 0.283 e. The zero-order valence-corrected chi connectivity index (χ0v) is 16.0. The fourth-order valence-electron chi connectivity index (χ4n) is 2.45. The quantitative estimate of drug-likeness (QED) is 0.519. The minimum Gasteiger partial charge on any atom is -0.497 e. The van der Waals surface area contributed by atoms with Gasteiger partial charge in [-0.25, -0.2) is 10.4 Å². The molecule has 0 spiro atoms. The molecule has 3 aromatic rings. The van der Waals surface area contributed by atoms with Gasteiger partial charge >= 0.3 is 0 Å². The van der Waals surface area contributed by atoms with Crippen LogP contribution >= 0.6 is 11.3 Å². The van der Waals surface area contributed by atoms with E-state index in [1.807, 2.05) is 37.3 Å². The Kier molecular flexibility index (Phi) is 5.83. The number of rotatable bonds is 6. The number of carbonyl (C=O) groups is 1. The van der Waals surface area contributed by atoms with E-state index in [2.05, 4.69) is 15.5 Å². The number of benzene rings is 2. The number of amides is 1. The van der Waals surface area contributed by atoms with E-state index in [1.54, 1.807) is 32.4 Å². The molecule has 138 valence electrons. The molecule has 1 heterocycles. The molecule has 0 radical (unpaired) electrons. The molecule has 1 aromatic heterocycles. The van der Waals surface area contributed by atoms with Crippen molar-refractivity contribution in [3.8, 4) is 22.1 Å². The molecule has 0 bridgehead atoms. The lowest BCUT2D eigenvalue weighted by molar-refractivity contribution is 0.0958. The number of ether oxygens (including phenoxy) is 2. The molecule has 2 aromatic carbocycles. The minimum absolute atomic E-state index is 0.295. The number of nitrogens with zero attached hydrogens (tertiary/aromatic N) is 2. The highest BCUT2D eigenvalue weighted by atomic mass is 32.1. The molecule has 6 nitrogen and oxygen atoms in total. The zero-order chi connectivity index (χ0) is 19.2. The van der Waals surface area contributed by atoms with Crippen molar-refractivity contribution in [1.82, 2.24) is 10.4 Å². The van der Waals surface area contributed by atoms with Gasteiger partial charge in [-0.1, -0.05) is 30.3 Å². The molecule has 27 heavy (non-hydrogen) atoms. The Morgan fingerprint density at radius 3 is 2.63 bits per heavy atom. The monoisotopic (exact) mass is 381 g/mol. The summed E-state index contributed by atoms with van der Waals surface area (Å²) in [7, 11) is 3.15. The molecule has 3 rings (SSSR count). The summed E-state index contributed by atoms with van der Waals surface area (Å²) in [6.45, 7) is 1.81. The maximum Gasteiger partial charge on any atom is 0.283 e. The summed E-state index contributed by atoms with van der Waals surface area (Å²) in [6, 6.07) is 15.1. The first-order valence-corrected chi connectivity index (χ1v) is 9.02. The predicted octanol–water partition coefficient (Wildman–Crippen LogP) is 3.90. The number of methoxy groups -OCH3 is 2. The Hall–Kier alpha value is -3.19. The summed E-state index contributed by atoms with van der Waals surface area (Å²) in [5.74, 6) is 0.991. The Bertz CT molecular complexity index is 968. The Morgan fingerprint density at radius 2 is 1.93 bits per heavy atom. The number of thiazole rings is 1. The number of aryl methyl sites for hydroxylation is 1. The van der Waals surface area contributed by atoms with E-state index in [0.29, 0.717) is 22.1 Å². The summed E-state index contributed by atoms with van der Waals surface area (Å²) in [5.41, 5.74) is 4.93. The van der Waals surface area contributed by atoms with Crippen molar-refractivity contribution in [2.75, 3.05) is 14.2 Å². The van der Waals surface area contributed by atoms with Crippen molar-refractivity contribution in [1.29, 1.82) is 0 Å². The molecule has 0 aliphatic rings. The summed E-state index contributed by atoms with van der Waals surface area (Å²) in [5, 5.41) is 4.84. The number of hydrazone groups is 1. The van der Waals surface area contributed by atoms with Gasteiger partial charge in [0.15, 0.2) is 0 Å². The average Bonchev–Trinajstić information content (AvgIpc) is 3.10. The third kappa shape index (κ3) is 4.32. The Morgan fingerprint density at radius 1 is 1.15 bits per heavy atom. The first-order valence-electron chi connectivity index (χ1n) is 8.20. The SMILES string of the molecule is COc1ccc(/C=N/NC(=O)c2sc(-c3ccccc3)nc2C)c(OC)c1. The van der Waals surface area contributed by atoms with Crippen molar-refractivity contribution in [3.05, 3.63) is 64.7 Å². The van der Waals surface area contributed by atoms with Crippen LogP contribution in [0.4, 0.5) is 0 Å². The molecule has 0 unspecified atom stereocenters. The van der Waals surface area contributed by atoms with Gasteiger partial charge in [-0.15, -0.1) is 11.3 Å². The highest BCUT2D eigenvalue weighted by Crippen LogP contribution is 2.27. The van der Waals surface area contributed by atoms with Crippen LogP contribution in [0, 0.1) is 6.92 Å². The summed E-state index contributed by atoms with van der Waals surface area (Å²) in [6.07, 6.45) is 1.53. The van der Waals surface area contributed by atoms with Crippen LogP contribution in [0.15, 0.2) is 53.6 Å². The topological polar surface area (TPSA) is 72.8 Å². The molecule has 7 heteroatoms. The standard InChI is InChI=1S/C20H19N3O3S/c1-13-18(27-20(22-13)14-7-5-4-6-8-14)19(24)23-21-12-15-9-10-16(25-2)11-17(15)26-3/h4-12H,1-3H3,(H,23,24)/b21-12+. The van der Waals surface area contributed by atoms with E-state index in [1.165, 1.54) is 17.6 Å². The molecule has 0 saturated heterocycles. The first-order chi connectivity index (χ1) is 13.1. The van der Waals surface area contributed by atoms with Crippen LogP contribution in [0.2, 0.25) is 0 Å². The van der Waals surface area contributed by atoms with Crippen molar-refractivity contribution in [3.63, 3.8) is 0 Å². The number of hydrogen-bond acceptors (Lipinski definition) is 6. The maximum atomic E-state index is 12.4. The van der Waals surface area contributed by atoms with Crippen LogP contribution in [0.3, 0.4) is 0 Å². The van der Waals surface area contributed by atoms with E-state index in [4.69, 9.17) is 9.47 Å². The average molecular weight is 381 g/mol. The lowest BCUT2D eigenvalue weighted by Crippen LogP contribution is -2.17. The Balaban J connectivity index is 1.73. The molecule has 0 aliphatic heterocycles. The van der Waals surface area contributed by atoms with Gasteiger partial charge in [-0.3, -0.25) is 4.79 Å². The molecule has 0 aliphatic carbocycles. The van der Waals surface area contributed by atoms with Gasteiger partial charge in [0.1, 0.15) is 21.4 Å². The molecule has 1 amide bonds. The highest BCUT2D eigenvalue weighted by Gasteiger charge is 2.15. The number of carbonyl (C=O) groups excluding carboxylic acids is 1. The third-order valence-electron chi connectivity index (χ3n) is 3.83. The third-order valence-corrected chi connectivity index (χ3v) is 5.04. The second-order valence-electron chi connectivity index (χ2n) is 5.61. The van der Waals surface area contributed by atoms with Crippen LogP contribution in [0.5, 0.6) is 11.5 Å². The van der Waals surface area contributed by atoms with Crippen molar-refractivity contribution in [2.45, 2.75) is 6.92 Å². The van der Waals surface area contributed by atoms with Crippen LogP contribution in [0.1, 0.15) is 20.9 Å². The Labute approximate surface area is 161 Å². The van der Waals surface area contributed by atoms with Gasteiger partial charge in [-0.2, -0.15) is 5.10 Å². The number of aromatic nitrogens is 1. The van der Waals surface area contributed by atoms with Crippen LogP contribution in [-0.4, -0.2) is 31.3 Å². The van der Waals surface area contributed by atoms with E-state index >= 15 is 0 Å². The normalized spacial score (nSPS) is 10.8. The van der Waals surface area contributed by atoms with E-state index in [0.717, 1.165) is 16.1 Å². The van der Waals surface area contributed by atoms with E-state index in [-0.39, 0.29) is 5.91 Å². The van der Waals surface area contributed by atoms with Crippen LogP contribution < -0.4 is 14.9 Å². The van der Waals surface area contributed by atoms with Crippen LogP contribution in [-0.2, 0) is 0 Å². The number of hydrogen-bond donors (Lipinski definition) is 1. The molecular weight excluding hydrogens is 362 g/mol. The van der Waals surface area contributed by atoms with E-state index < -0.39 is 0 Å². The van der Waals surface area contributed by atoms with Gasteiger partial charge < -0.3 is 9.47 Å². The zero-order valence-electron chi connectivity index (χ0n) is 15.2. The lowest BCUT2D eigenvalue weighted by atomic mass is 10.2.